The lowest BCUT2D eigenvalue weighted by Crippen LogP contribution is -2.38. The monoisotopic (exact) mass is 353 g/mol. The number of nitrogens with one attached hydrogen (secondary N) is 1. The van der Waals surface area contributed by atoms with E-state index in [0.717, 1.165) is 36.2 Å². The zero-order valence-electron chi connectivity index (χ0n) is 13.6. The molecule has 0 radical (unpaired) electrons. The second-order valence-corrected chi connectivity index (χ2v) is 6.50. The van der Waals surface area contributed by atoms with Crippen LogP contribution >= 0.6 is 0 Å². The number of rotatable bonds is 2. The Morgan fingerprint density at radius 3 is 2.76 bits per heavy atom. The van der Waals surface area contributed by atoms with Crippen LogP contribution in [0.1, 0.15) is 41.1 Å². The molecule has 0 spiro atoms. The maximum absolute atomic E-state index is 13.4. The number of alkyl halides is 3. The van der Waals surface area contributed by atoms with Crippen molar-refractivity contribution in [2.24, 2.45) is 0 Å². The van der Waals surface area contributed by atoms with Gasteiger partial charge in [-0.2, -0.15) is 23.4 Å². The van der Waals surface area contributed by atoms with Gasteiger partial charge < -0.3 is 5.32 Å². The molecule has 9 heteroatoms. The minimum Gasteiger partial charge on any atom is -0.312 e. The maximum Gasteiger partial charge on any atom is 0.435 e. The largest absolute Gasteiger partial charge is 0.435 e. The highest BCUT2D eigenvalue weighted by atomic mass is 19.4. The van der Waals surface area contributed by atoms with Crippen LogP contribution in [0, 0.1) is 0 Å². The third kappa shape index (κ3) is 2.97. The standard InChI is InChI=1S/C16H18F3N5O/c17-16(18,19)14-13-8-20-5-4-12(13)15(25)24(22-14)9-10-7-11-3-1-2-6-23(11)21-10/h7,20H,1-6,8-9H2. The van der Waals surface area contributed by atoms with E-state index in [1.165, 1.54) is 0 Å². The summed E-state index contributed by atoms with van der Waals surface area (Å²) in [6.45, 7) is 1.28. The van der Waals surface area contributed by atoms with Crippen molar-refractivity contribution in [2.45, 2.75) is 51.5 Å². The third-order valence-electron chi connectivity index (χ3n) is 4.76. The Morgan fingerprint density at radius 2 is 2.00 bits per heavy atom. The number of nitrogens with zero attached hydrogens (tertiary/aromatic N) is 4. The van der Waals surface area contributed by atoms with Gasteiger partial charge in [0.15, 0.2) is 5.69 Å². The average molecular weight is 353 g/mol. The summed E-state index contributed by atoms with van der Waals surface area (Å²) in [5, 5.41) is 10.9. The lowest BCUT2D eigenvalue weighted by atomic mass is 10.0. The Balaban J connectivity index is 1.76. The van der Waals surface area contributed by atoms with Crippen molar-refractivity contribution in [3.8, 4) is 0 Å². The number of aryl methyl sites for hydroxylation is 2. The molecule has 4 heterocycles. The van der Waals surface area contributed by atoms with Gasteiger partial charge in [-0.3, -0.25) is 9.48 Å². The summed E-state index contributed by atoms with van der Waals surface area (Å²) in [6, 6.07) is 1.86. The van der Waals surface area contributed by atoms with Crippen LogP contribution in [0.2, 0.25) is 0 Å². The van der Waals surface area contributed by atoms with Crippen molar-refractivity contribution in [2.75, 3.05) is 6.54 Å². The van der Waals surface area contributed by atoms with Crippen LogP contribution in [-0.4, -0.2) is 26.1 Å². The van der Waals surface area contributed by atoms with Crippen LogP contribution in [-0.2, 0) is 38.7 Å². The van der Waals surface area contributed by atoms with E-state index in [-0.39, 0.29) is 30.6 Å². The van der Waals surface area contributed by atoms with E-state index in [2.05, 4.69) is 15.5 Å². The van der Waals surface area contributed by atoms with E-state index in [0.29, 0.717) is 12.2 Å². The lowest BCUT2D eigenvalue weighted by molar-refractivity contribution is -0.143. The average Bonchev–Trinajstić information content (AvgIpc) is 2.99. The summed E-state index contributed by atoms with van der Waals surface area (Å²) in [6.07, 6.45) is -1.30. The van der Waals surface area contributed by atoms with Gasteiger partial charge in [0.1, 0.15) is 0 Å². The van der Waals surface area contributed by atoms with Crippen LogP contribution in [0.5, 0.6) is 0 Å². The number of aromatic nitrogens is 4. The Bertz CT molecular complexity index is 844. The molecular formula is C16H18F3N5O. The molecule has 25 heavy (non-hydrogen) atoms. The molecule has 2 aromatic heterocycles. The SMILES string of the molecule is O=c1c2c(c(C(F)(F)F)nn1Cc1cc3n(n1)CCCC3)CNCC2. The second-order valence-electron chi connectivity index (χ2n) is 6.50. The van der Waals surface area contributed by atoms with Crippen molar-refractivity contribution >= 4 is 0 Å². The number of hydrogen-bond acceptors (Lipinski definition) is 4. The first-order valence-corrected chi connectivity index (χ1v) is 8.40. The molecule has 0 amide bonds. The Morgan fingerprint density at radius 1 is 1.16 bits per heavy atom. The van der Waals surface area contributed by atoms with Crippen LogP contribution < -0.4 is 10.9 Å². The topological polar surface area (TPSA) is 64.7 Å². The summed E-state index contributed by atoms with van der Waals surface area (Å²) < 4.78 is 42.9. The van der Waals surface area contributed by atoms with Crippen LogP contribution in [0.3, 0.4) is 0 Å². The van der Waals surface area contributed by atoms with Gasteiger partial charge in [-0.15, -0.1) is 0 Å². The van der Waals surface area contributed by atoms with Gasteiger partial charge >= 0.3 is 6.18 Å². The van der Waals surface area contributed by atoms with Crippen molar-refractivity contribution in [3.63, 3.8) is 0 Å². The lowest BCUT2D eigenvalue weighted by Gasteiger charge is -2.21. The number of halogens is 3. The first-order valence-electron chi connectivity index (χ1n) is 8.40. The molecule has 134 valence electrons. The van der Waals surface area contributed by atoms with Gasteiger partial charge in [-0.25, -0.2) is 4.68 Å². The quantitative estimate of drug-likeness (QED) is 0.889. The fourth-order valence-electron chi connectivity index (χ4n) is 3.57. The molecule has 1 N–H and O–H groups in total. The molecule has 4 rings (SSSR count). The molecule has 0 saturated carbocycles. The molecule has 2 aliphatic heterocycles. The Kier molecular flexibility index (Phi) is 3.90. The van der Waals surface area contributed by atoms with Crippen molar-refractivity contribution in [1.82, 2.24) is 24.9 Å². The molecule has 0 fully saturated rings. The first kappa shape index (κ1) is 16.3. The number of fused-ring (bicyclic) bond motifs is 2. The number of hydrogen-bond donors (Lipinski definition) is 1. The highest BCUT2D eigenvalue weighted by Crippen LogP contribution is 2.31. The highest BCUT2D eigenvalue weighted by molar-refractivity contribution is 5.32. The summed E-state index contributed by atoms with van der Waals surface area (Å²) in [7, 11) is 0. The summed E-state index contributed by atoms with van der Waals surface area (Å²) in [4.78, 5) is 12.6. The Labute approximate surface area is 141 Å². The summed E-state index contributed by atoms with van der Waals surface area (Å²) >= 11 is 0. The predicted molar refractivity (Wildman–Crippen MR) is 83.2 cm³/mol. The van der Waals surface area contributed by atoms with E-state index in [1.54, 1.807) is 0 Å². The van der Waals surface area contributed by atoms with Crippen molar-refractivity contribution < 1.29 is 13.2 Å². The zero-order chi connectivity index (χ0) is 17.6. The van der Waals surface area contributed by atoms with Gasteiger partial charge in [0.2, 0.25) is 0 Å². The van der Waals surface area contributed by atoms with E-state index in [4.69, 9.17) is 0 Å². The van der Waals surface area contributed by atoms with Crippen LogP contribution in [0.15, 0.2) is 10.9 Å². The van der Waals surface area contributed by atoms with Gasteiger partial charge in [0, 0.05) is 29.9 Å². The van der Waals surface area contributed by atoms with Crippen molar-refractivity contribution in [1.29, 1.82) is 0 Å². The third-order valence-corrected chi connectivity index (χ3v) is 4.76. The molecule has 0 atom stereocenters. The van der Waals surface area contributed by atoms with Crippen LogP contribution in [0.25, 0.3) is 0 Å². The maximum atomic E-state index is 13.4. The molecule has 6 nitrogen and oxygen atoms in total. The first-order chi connectivity index (χ1) is 11.9. The van der Waals surface area contributed by atoms with E-state index in [1.807, 2.05) is 10.7 Å². The molecule has 0 aromatic carbocycles. The predicted octanol–water partition coefficient (Wildman–Crippen LogP) is 1.49. The molecule has 2 aromatic rings. The molecule has 0 unspecified atom stereocenters. The van der Waals surface area contributed by atoms with Crippen molar-refractivity contribution in [3.05, 3.63) is 44.6 Å². The summed E-state index contributed by atoms with van der Waals surface area (Å²) in [5.74, 6) is 0. The van der Waals surface area contributed by atoms with Gasteiger partial charge in [-0.1, -0.05) is 0 Å². The molecule has 0 bridgehead atoms. The highest BCUT2D eigenvalue weighted by Gasteiger charge is 2.38. The zero-order valence-corrected chi connectivity index (χ0v) is 13.6. The van der Waals surface area contributed by atoms with E-state index < -0.39 is 17.4 Å². The summed E-state index contributed by atoms with van der Waals surface area (Å²) in [5.41, 5.74) is 0.406. The second kappa shape index (κ2) is 5.98. The van der Waals surface area contributed by atoms with E-state index in [9.17, 15) is 18.0 Å². The van der Waals surface area contributed by atoms with Crippen LogP contribution in [0.4, 0.5) is 13.2 Å². The van der Waals surface area contributed by atoms with Gasteiger partial charge in [0.25, 0.3) is 5.56 Å². The molecule has 2 aliphatic rings. The van der Waals surface area contributed by atoms with E-state index >= 15 is 0 Å². The fourth-order valence-corrected chi connectivity index (χ4v) is 3.57. The normalized spacial score (nSPS) is 17.2. The van der Waals surface area contributed by atoms with Gasteiger partial charge in [0.05, 0.1) is 12.2 Å². The minimum absolute atomic E-state index is 0.0199. The smallest absolute Gasteiger partial charge is 0.312 e. The van der Waals surface area contributed by atoms with Gasteiger partial charge in [-0.05, 0) is 38.3 Å². The minimum atomic E-state index is -4.59. The molecule has 0 aliphatic carbocycles. The fraction of sp³-hybridized carbons (Fsp3) is 0.562. The molecular weight excluding hydrogens is 335 g/mol. The Hall–Kier alpha value is -2.16. The molecule has 0 saturated heterocycles.